The van der Waals surface area contributed by atoms with Crippen molar-refractivity contribution in [1.29, 1.82) is 0 Å². The van der Waals surface area contributed by atoms with Gasteiger partial charge in [-0.1, -0.05) is 30.7 Å². The summed E-state index contributed by atoms with van der Waals surface area (Å²) >= 11 is 5.88. The summed E-state index contributed by atoms with van der Waals surface area (Å²) in [7, 11) is 0. The molecular formula is C17H24ClNO2. The zero-order valence-corrected chi connectivity index (χ0v) is 13.4. The SMILES string of the molecule is CC(CC(=O)N1CCCC(CO)C1)Cc1ccc(Cl)cc1. The molecule has 0 saturated carbocycles. The third-order valence-corrected chi connectivity index (χ3v) is 4.40. The predicted molar refractivity (Wildman–Crippen MR) is 85.3 cm³/mol. The normalized spacial score (nSPS) is 20.3. The Kier molecular flexibility index (Phi) is 6.07. The van der Waals surface area contributed by atoms with E-state index in [9.17, 15) is 9.90 Å². The Morgan fingerprint density at radius 2 is 2.14 bits per heavy atom. The van der Waals surface area contributed by atoms with Crippen molar-refractivity contribution in [2.24, 2.45) is 11.8 Å². The predicted octanol–water partition coefficient (Wildman–Crippen LogP) is 3.14. The number of halogens is 1. The van der Waals surface area contributed by atoms with Gasteiger partial charge in [0.15, 0.2) is 0 Å². The molecule has 1 aliphatic heterocycles. The van der Waals surface area contributed by atoms with Crippen LogP contribution < -0.4 is 0 Å². The largest absolute Gasteiger partial charge is 0.396 e. The maximum absolute atomic E-state index is 12.3. The topological polar surface area (TPSA) is 40.5 Å². The van der Waals surface area contributed by atoms with Crippen LogP contribution >= 0.6 is 11.6 Å². The lowest BCUT2D eigenvalue weighted by atomic mass is 9.95. The molecule has 1 aliphatic rings. The van der Waals surface area contributed by atoms with E-state index in [2.05, 4.69) is 6.92 Å². The Morgan fingerprint density at radius 3 is 2.81 bits per heavy atom. The number of aliphatic hydroxyl groups is 1. The molecule has 2 unspecified atom stereocenters. The number of nitrogens with zero attached hydrogens (tertiary/aromatic N) is 1. The van der Waals surface area contributed by atoms with Crippen molar-refractivity contribution in [2.45, 2.75) is 32.6 Å². The van der Waals surface area contributed by atoms with Gasteiger partial charge in [0, 0.05) is 31.1 Å². The summed E-state index contributed by atoms with van der Waals surface area (Å²) in [6.45, 7) is 3.84. The molecule has 0 radical (unpaired) electrons. The van der Waals surface area contributed by atoms with E-state index < -0.39 is 0 Å². The lowest BCUT2D eigenvalue weighted by molar-refractivity contribution is -0.134. The van der Waals surface area contributed by atoms with Crippen LogP contribution in [-0.2, 0) is 11.2 Å². The Labute approximate surface area is 131 Å². The number of hydrogen-bond acceptors (Lipinski definition) is 2. The highest BCUT2D eigenvalue weighted by molar-refractivity contribution is 6.30. The Morgan fingerprint density at radius 1 is 1.43 bits per heavy atom. The van der Waals surface area contributed by atoms with Crippen LogP contribution in [0.5, 0.6) is 0 Å². The number of aliphatic hydroxyl groups excluding tert-OH is 1. The van der Waals surface area contributed by atoms with Gasteiger partial charge in [-0.25, -0.2) is 0 Å². The molecule has 1 aromatic carbocycles. The van der Waals surface area contributed by atoms with Crippen LogP contribution in [0, 0.1) is 11.8 Å². The lowest BCUT2D eigenvalue weighted by Gasteiger charge is -2.32. The summed E-state index contributed by atoms with van der Waals surface area (Å²) in [5.41, 5.74) is 1.21. The van der Waals surface area contributed by atoms with Crippen LogP contribution in [0.4, 0.5) is 0 Å². The molecule has 3 nitrogen and oxygen atoms in total. The molecule has 1 fully saturated rings. The zero-order valence-electron chi connectivity index (χ0n) is 12.6. The molecule has 1 amide bonds. The fraction of sp³-hybridized carbons (Fsp3) is 0.588. The van der Waals surface area contributed by atoms with Crippen molar-refractivity contribution in [3.05, 3.63) is 34.9 Å². The van der Waals surface area contributed by atoms with E-state index in [-0.39, 0.29) is 18.4 Å². The first kappa shape index (κ1) is 16.3. The summed E-state index contributed by atoms with van der Waals surface area (Å²) in [6, 6.07) is 7.82. The number of likely N-dealkylation sites (tertiary alicyclic amines) is 1. The molecule has 0 aliphatic carbocycles. The average Bonchev–Trinajstić information content (AvgIpc) is 2.49. The smallest absolute Gasteiger partial charge is 0.222 e. The van der Waals surface area contributed by atoms with Gasteiger partial charge in [0.1, 0.15) is 0 Å². The summed E-state index contributed by atoms with van der Waals surface area (Å²) in [5.74, 6) is 0.789. The minimum Gasteiger partial charge on any atom is -0.396 e. The standard InChI is InChI=1S/C17H24ClNO2/c1-13(9-14-4-6-16(18)7-5-14)10-17(21)19-8-2-3-15(11-19)12-20/h4-7,13,15,20H,2-3,8-12H2,1H3. The second-order valence-electron chi connectivity index (χ2n) is 6.17. The van der Waals surface area contributed by atoms with Crippen molar-refractivity contribution in [3.63, 3.8) is 0 Å². The van der Waals surface area contributed by atoms with Gasteiger partial charge in [-0.15, -0.1) is 0 Å². The highest BCUT2D eigenvalue weighted by Crippen LogP contribution is 2.20. The molecule has 1 N–H and O–H groups in total. The molecule has 1 aromatic rings. The number of hydrogen-bond donors (Lipinski definition) is 1. The molecular weight excluding hydrogens is 286 g/mol. The van der Waals surface area contributed by atoms with E-state index in [1.807, 2.05) is 29.2 Å². The van der Waals surface area contributed by atoms with Crippen molar-refractivity contribution >= 4 is 17.5 Å². The molecule has 0 aromatic heterocycles. The lowest BCUT2D eigenvalue weighted by Crippen LogP contribution is -2.41. The number of carbonyl (C=O) groups excluding carboxylic acids is 1. The number of carbonyl (C=O) groups is 1. The minimum absolute atomic E-state index is 0.185. The van der Waals surface area contributed by atoms with Gasteiger partial charge >= 0.3 is 0 Å². The number of rotatable bonds is 5. The third-order valence-electron chi connectivity index (χ3n) is 4.15. The summed E-state index contributed by atoms with van der Waals surface area (Å²) < 4.78 is 0. The fourth-order valence-electron chi connectivity index (χ4n) is 2.96. The third kappa shape index (κ3) is 5.01. The quantitative estimate of drug-likeness (QED) is 0.907. The molecule has 1 heterocycles. The van der Waals surface area contributed by atoms with Crippen molar-refractivity contribution in [3.8, 4) is 0 Å². The first-order valence-electron chi connectivity index (χ1n) is 7.71. The van der Waals surface area contributed by atoms with Crippen molar-refractivity contribution in [2.75, 3.05) is 19.7 Å². The minimum atomic E-state index is 0.185. The monoisotopic (exact) mass is 309 g/mol. The van der Waals surface area contributed by atoms with E-state index in [0.717, 1.165) is 30.8 Å². The second-order valence-corrected chi connectivity index (χ2v) is 6.61. The van der Waals surface area contributed by atoms with Crippen LogP contribution in [0.2, 0.25) is 5.02 Å². The first-order valence-corrected chi connectivity index (χ1v) is 8.09. The van der Waals surface area contributed by atoms with Crippen LogP contribution in [0.15, 0.2) is 24.3 Å². The summed E-state index contributed by atoms with van der Waals surface area (Å²) in [6.07, 6.45) is 3.49. The molecule has 1 saturated heterocycles. The van der Waals surface area contributed by atoms with Crippen LogP contribution in [0.1, 0.15) is 31.7 Å². The summed E-state index contributed by atoms with van der Waals surface area (Å²) in [5, 5.41) is 9.98. The van der Waals surface area contributed by atoms with Gasteiger partial charge in [-0.3, -0.25) is 4.79 Å². The second kappa shape index (κ2) is 7.81. The van der Waals surface area contributed by atoms with Gasteiger partial charge < -0.3 is 10.0 Å². The first-order chi connectivity index (χ1) is 10.1. The van der Waals surface area contributed by atoms with Crippen LogP contribution in [-0.4, -0.2) is 35.6 Å². The molecule has 116 valence electrons. The van der Waals surface area contributed by atoms with Gasteiger partial charge in [0.25, 0.3) is 0 Å². The van der Waals surface area contributed by atoms with Gasteiger partial charge in [0.2, 0.25) is 5.91 Å². The fourth-order valence-corrected chi connectivity index (χ4v) is 3.09. The van der Waals surface area contributed by atoms with Crippen LogP contribution in [0.3, 0.4) is 0 Å². The Hall–Kier alpha value is -1.06. The van der Waals surface area contributed by atoms with E-state index in [1.54, 1.807) is 0 Å². The van der Waals surface area contributed by atoms with E-state index >= 15 is 0 Å². The number of amides is 1. The molecule has 0 spiro atoms. The summed E-state index contributed by atoms with van der Waals surface area (Å²) in [4.78, 5) is 14.3. The Balaban J connectivity index is 1.82. The van der Waals surface area contributed by atoms with Crippen molar-refractivity contribution in [1.82, 2.24) is 4.90 Å². The average molecular weight is 310 g/mol. The number of piperidine rings is 1. The maximum atomic E-state index is 12.3. The zero-order chi connectivity index (χ0) is 15.2. The van der Waals surface area contributed by atoms with E-state index in [1.165, 1.54) is 5.56 Å². The highest BCUT2D eigenvalue weighted by Gasteiger charge is 2.24. The van der Waals surface area contributed by atoms with Gasteiger partial charge in [-0.2, -0.15) is 0 Å². The highest BCUT2D eigenvalue weighted by atomic mass is 35.5. The molecule has 2 rings (SSSR count). The maximum Gasteiger partial charge on any atom is 0.222 e. The van der Waals surface area contributed by atoms with Crippen LogP contribution in [0.25, 0.3) is 0 Å². The van der Waals surface area contributed by atoms with E-state index in [4.69, 9.17) is 11.6 Å². The van der Waals surface area contributed by atoms with Crippen molar-refractivity contribution < 1.29 is 9.90 Å². The molecule has 2 atom stereocenters. The molecule has 0 bridgehead atoms. The molecule has 4 heteroatoms. The van der Waals surface area contributed by atoms with E-state index in [0.29, 0.717) is 18.9 Å². The van der Waals surface area contributed by atoms with Gasteiger partial charge in [0.05, 0.1) is 0 Å². The molecule has 21 heavy (non-hydrogen) atoms. The Bertz CT molecular complexity index is 460. The number of benzene rings is 1. The van der Waals surface area contributed by atoms with Gasteiger partial charge in [-0.05, 0) is 48.8 Å².